The van der Waals surface area contributed by atoms with Crippen LogP contribution in [0.25, 0.3) is 0 Å². The summed E-state index contributed by atoms with van der Waals surface area (Å²) in [5.74, 6) is 0.242. The Morgan fingerprint density at radius 1 is 1.18 bits per heavy atom. The SMILES string of the molecule is OCCCCC1COC(c2ccc(O)cc2)O1. The second kappa shape index (κ2) is 6.00. The van der Waals surface area contributed by atoms with Gasteiger partial charge in [-0.2, -0.15) is 0 Å². The summed E-state index contributed by atoms with van der Waals surface area (Å²) in [5, 5.41) is 17.9. The predicted octanol–water partition coefficient (Wildman–Crippen LogP) is 1.97. The third-order valence-electron chi connectivity index (χ3n) is 2.85. The van der Waals surface area contributed by atoms with Crippen molar-refractivity contribution in [2.45, 2.75) is 31.7 Å². The molecule has 0 radical (unpaired) electrons. The predicted molar refractivity (Wildman–Crippen MR) is 62.6 cm³/mol. The Hall–Kier alpha value is -1.10. The van der Waals surface area contributed by atoms with Crippen molar-refractivity contribution >= 4 is 0 Å². The highest BCUT2D eigenvalue weighted by Gasteiger charge is 2.26. The molecular formula is C13H18O4. The van der Waals surface area contributed by atoms with Gasteiger partial charge >= 0.3 is 0 Å². The number of benzene rings is 1. The fourth-order valence-corrected chi connectivity index (χ4v) is 1.89. The summed E-state index contributed by atoms with van der Waals surface area (Å²) in [5.41, 5.74) is 0.924. The van der Waals surface area contributed by atoms with Gasteiger partial charge < -0.3 is 19.7 Å². The molecular weight excluding hydrogens is 220 g/mol. The van der Waals surface area contributed by atoms with Gasteiger partial charge in [-0.3, -0.25) is 0 Å². The van der Waals surface area contributed by atoms with E-state index in [9.17, 15) is 5.11 Å². The van der Waals surface area contributed by atoms with Gasteiger partial charge in [0, 0.05) is 12.2 Å². The minimum Gasteiger partial charge on any atom is -0.508 e. The number of aromatic hydroxyl groups is 1. The molecule has 0 bridgehead atoms. The first kappa shape index (κ1) is 12.4. The molecule has 17 heavy (non-hydrogen) atoms. The van der Waals surface area contributed by atoms with Crippen LogP contribution in [0.4, 0.5) is 0 Å². The highest BCUT2D eigenvalue weighted by molar-refractivity contribution is 5.26. The molecule has 1 aliphatic heterocycles. The Morgan fingerprint density at radius 2 is 1.94 bits per heavy atom. The lowest BCUT2D eigenvalue weighted by atomic mass is 10.2. The minimum atomic E-state index is -0.324. The second-order valence-electron chi connectivity index (χ2n) is 4.23. The van der Waals surface area contributed by atoms with E-state index in [4.69, 9.17) is 14.6 Å². The van der Waals surface area contributed by atoms with Crippen molar-refractivity contribution in [2.24, 2.45) is 0 Å². The maximum Gasteiger partial charge on any atom is 0.184 e. The van der Waals surface area contributed by atoms with Crippen LogP contribution in [-0.2, 0) is 9.47 Å². The van der Waals surface area contributed by atoms with Crippen LogP contribution in [0.15, 0.2) is 24.3 Å². The summed E-state index contributed by atoms with van der Waals surface area (Å²) >= 11 is 0. The number of unbranched alkanes of at least 4 members (excludes halogenated alkanes) is 1. The van der Waals surface area contributed by atoms with E-state index in [0.29, 0.717) is 6.61 Å². The van der Waals surface area contributed by atoms with E-state index in [1.807, 2.05) is 0 Å². The Kier molecular flexibility index (Phi) is 4.36. The topological polar surface area (TPSA) is 58.9 Å². The van der Waals surface area contributed by atoms with Crippen molar-refractivity contribution in [3.05, 3.63) is 29.8 Å². The molecule has 94 valence electrons. The number of phenolic OH excluding ortho intramolecular Hbond substituents is 1. The zero-order chi connectivity index (χ0) is 12.1. The number of hydrogen-bond donors (Lipinski definition) is 2. The Morgan fingerprint density at radius 3 is 2.65 bits per heavy atom. The van der Waals surface area contributed by atoms with Gasteiger partial charge in [0.1, 0.15) is 5.75 Å². The maximum atomic E-state index is 9.19. The number of aliphatic hydroxyl groups excluding tert-OH is 1. The van der Waals surface area contributed by atoms with Crippen LogP contribution >= 0.6 is 0 Å². The number of aliphatic hydroxyl groups is 1. The number of rotatable bonds is 5. The summed E-state index contributed by atoms with van der Waals surface area (Å²) in [4.78, 5) is 0. The largest absolute Gasteiger partial charge is 0.508 e. The fourth-order valence-electron chi connectivity index (χ4n) is 1.89. The van der Waals surface area contributed by atoms with Gasteiger partial charge in [-0.05, 0) is 31.4 Å². The van der Waals surface area contributed by atoms with Gasteiger partial charge in [0.2, 0.25) is 0 Å². The van der Waals surface area contributed by atoms with Gasteiger partial charge in [0.15, 0.2) is 6.29 Å². The third kappa shape index (κ3) is 3.43. The van der Waals surface area contributed by atoms with Crippen molar-refractivity contribution < 1.29 is 19.7 Å². The molecule has 4 nitrogen and oxygen atoms in total. The average molecular weight is 238 g/mol. The van der Waals surface area contributed by atoms with E-state index in [1.54, 1.807) is 24.3 Å². The van der Waals surface area contributed by atoms with Crippen molar-refractivity contribution in [2.75, 3.05) is 13.2 Å². The molecule has 1 heterocycles. The van der Waals surface area contributed by atoms with Gasteiger partial charge in [-0.25, -0.2) is 0 Å². The quantitative estimate of drug-likeness (QED) is 0.770. The molecule has 4 heteroatoms. The van der Waals surface area contributed by atoms with Crippen LogP contribution in [0.5, 0.6) is 5.75 Å². The summed E-state index contributed by atoms with van der Waals surface area (Å²) in [6.45, 7) is 0.825. The van der Waals surface area contributed by atoms with Crippen molar-refractivity contribution in [1.29, 1.82) is 0 Å². The van der Waals surface area contributed by atoms with Crippen LogP contribution in [0.2, 0.25) is 0 Å². The standard InChI is InChI=1S/C13H18O4/c14-8-2-1-3-12-9-16-13(17-12)10-4-6-11(15)7-5-10/h4-7,12-15H,1-3,8-9H2. The molecule has 0 aliphatic carbocycles. The minimum absolute atomic E-state index is 0.111. The highest BCUT2D eigenvalue weighted by atomic mass is 16.7. The third-order valence-corrected chi connectivity index (χ3v) is 2.85. The van der Waals surface area contributed by atoms with Gasteiger partial charge in [-0.15, -0.1) is 0 Å². The van der Waals surface area contributed by atoms with Gasteiger partial charge in [-0.1, -0.05) is 12.1 Å². The maximum absolute atomic E-state index is 9.19. The smallest absolute Gasteiger partial charge is 0.184 e. The van der Waals surface area contributed by atoms with Gasteiger partial charge in [0.25, 0.3) is 0 Å². The van der Waals surface area contributed by atoms with Crippen molar-refractivity contribution in [3.8, 4) is 5.75 Å². The van der Waals surface area contributed by atoms with Crippen LogP contribution in [0.3, 0.4) is 0 Å². The molecule has 1 fully saturated rings. The zero-order valence-corrected chi connectivity index (χ0v) is 9.71. The molecule has 0 aromatic heterocycles. The molecule has 0 spiro atoms. The van der Waals surface area contributed by atoms with Crippen LogP contribution < -0.4 is 0 Å². The molecule has 2 unspecified atom stereocenters. The average Bonchev–Trinajstić information content (AvgIpc) is 2.79. The molecule has 1 saturated heterocycles. The Labute approximate surface area is 101 Å². The lowest BCUT2D eigenvalue weighted by molar-refractivity contribution is -0.0614. The monoisotopic (exact) mass is 238 g/mol. The molecule has 1 aromatic carbocycles. The van der Waals surface area contributed by atoms with Crippen LogP contribution in [0, 0.1) is 0 Å². The zero-order valence-electron chi connectivity index (χ0n) is 9.71. The Balaban J connectivity index is 1.83. The van der Waals surface area contributed by atoms with Crippen LogP contribution in [0.1, 0.15) is 31.1 Å². The molecule has 2 atom stereocenters. The van der Waals surface area contributed by atoms with E-state index < -0.39 is 0 Å². The lowest BCUT2D eigenvalue weighted by Gasteiger charge is -2.11. The highest BCUT2D eigenvalue weighted by Crippen LogP contribution is 2.29. The first-order valence-electron chi connectivity index (χ1n) is 5.96. The lowest BCUT2D eigenvalue weighted by Crippen LogP contribution is -2.09. The molecule has 1 aliphatic rings. The summed E-state index contributed by atoms with van der Waals surface area (Å²) in [6, 6.07) is 6.86. The van der Waals surface area contributed by atoms with E-state index in [0.717, 1.165) is 24.8 Å². The van der Waals surface area contributed by atoms with E-state index in [1.165, 1.54) is 0 Å². The first-order valence-corrected chi connectivity index (χ1v) is 5.96. The molecule has 1 aromatic rings. The molecule has 2 rings (SSSR count). The summed E-state index contributed by atoms with van der Waals surface area (Å²) in [6.07, 6.45) is 2.46. The van der Waals surface area contributed by atoms with Gasteiger partial charge in [0.05, 0.1) is 12.7 Å². The van der Waals surface area contributed by atoms with Crippen molar-refractivity contribution in [3.63, 3.8) is 0 Å². The van der Waals surface area contributed by atoms with E-state index >= 15 is 0 Å². The fraction of sp³-hybridized carbons (Fsp3) is 0.538. The second-order valence-corrected chi connectivity index (χ2v) is 4.23. The number of phenols is 1. The Bertz CT molecular complexity index is 336. The summed E-state index contributed by atoms with van der Waals surface area (Å²) < 4.78 is 11.3. The summed E-state index contributed by atoms with van der Waals surface area (Å²) in [7, 11) is 0. The first-order chi connectivity index (χ1) is 8.29. The molecule has 0 amide bonds. The normalized spacial score (nSPS) is 24.1. The number of ether oxygens (including phenoxy) is 2. The van der Waals surface area contributed by atoms with Crippen LogP contribution in [-0.4, -0.2) is 29.5 Å². The number of hydrogen-bond acceptors (Lipinski definition) is 4. The van der Waals surface area contributed by atoms with Crippen molar-refractivity contribution in [1.82, 2.24) is 0 Å². The molecule has 2 N–H and O–H groups in total. The van der Waals surface area contributed by atoms with E-state index in [2.05, 4.69) is 0 Å². The molecule has 0 saturated carbocycles. The van der Waals surface area contributed by atoms with E-state index in [-0.39, 0.29) is 24.8 Å².